The Balaban J connectivity index is 1.62. The number of carboxylic acid groups (broad SMARTS) is 1. The number of piperazine rings is 1. The summed E-state index contributed by atoms with van der Waals surface area (Å²) in [6, 6.07) is 10.7. The second-order valence-corrected chi connectivity index (χ2v) is 8.99. The normalized spacial score (nSPS) is 15.6. The van der Waals surface area contributed by atoms with Crippen molar-refractivity contribution < 1.29 is 27.8 Å². The van der Waals surface area contributed by atoms with Gasteiger partial charge in [-0.2, -0.15) is 4.31 Å². The molecule has 0 radical (unpaired) electrons. The van der Waals surface area contributed by atoms with E-state index in [0.29, 0.717) is 32.8 Å². The number of carboxylic acids is 1. The number of hydrogen-bond donors (Lipinski definition) is 1. The Kier molecular flexibility index (Phi) is 7.97. The molecule has 1 fully saturated rings. The summed E-state index contributed by atoms with van der Waals surface area (Å²) in [5.74, 6) is -1.44. The highest BCUT2D eigenvalue weighted by Gasteiger charge is 2.30. The third-order valence-electron chi connectivity index (χ3n) is 5.05. The van der Waals surface area contributed by atoms with E-state index in [0.717, 1.165) is 24.4 Å². The topological polar surface area (TPSA) is 109 Å². The van der Waals surface area contributed by atoms with Gasteiger partial charge in [0.1, 0.15) is 17.1 Å². The van der Waals surface area contributed by atoms with Crippen LogP contribution < -0.4 is 4.74 Å². The van der Waals surface area contributed by atoms with Crippen LogP contribution >= 0.6 is 0 Å². The number of pyridine rings is 1. The molecule has 0 unspecified atom stereocenters. The van der Waals surface area contributed by atoms with Crippen molar-refractivity contribution >= 4 is 16.0 Å². The lowest BCUT2D eigenvalue weighted by Crippen LogP contribution is -2.48. The summed E-state index contributed by atoms with van der Waals surface area (Å²) in [4.78, 5) is 17.6. The first kappa shape index (κ1) is 23.1. The molecule has 2 heterocycles. The lowest BCUT2D eigenvalue weighted by Gasteiger charge is -2.33. The number of rotatable bonds is 10. The van der Waals surface area contributed by atoms with Gasteiger partial charge in [0.05, 0.1) is 19.4 Å². The van der Waals surface area contributed by atoms with Crippen LogP contribution in [0.3, 0.4) is 0 Å². The van der Waals surface area contributed by atoms with E-state index >= 15 is 0 Å². The number of benzene rings is 1. The van der Waals surface area contributed by atoms with Crippen LogP contribution in [0, 0.1) is 0 Å². The number of aromatic carboxylic acids is 1. The Morgan fingerprint density at radius 3 is 2.48 bits per heavy atom. The average molecular weight is 450 g/mol. The SMILES string of the molecule is CCN1CCN(S(=O)(=O)c2cnc(OCCOCc3ccccc3)c(C(=O)O)c2)CC1. The van der Waals surface area contributed by atoms with Gasteiger partial charge in [0.15, 0.2) is 0 Å². The first-order chi connectivity index (χ1) is 14.9. The minimum atomic E-state index is -3.83. The molecule has 9 nitrogen and oxygen atoms in total. The molecule has 168 valence electrons. The molecule has 2 aromatic rings. The molecular formula is C21H27N3O6S. The zero-order valence-electron chi connectivity index (χ0n) is 17.4. The molecule has 0 spiro atoms. The van der Waals surface area contributed by atoms with Crippen molar-refractivity contribution in [2.24, 2.45) is 0 Å². The number of nitrogens with zero attached hydrogens (tertiary/aromatic N) is 3. The lowest BCUT2D eigenvalue weighted by atomic mass is 10.2. The van der Waals surface area contributed by atoms with Crippen LogP contribution in [0.15, 0.2) is 47.5 Å². The highest BCUT2D eigenvalue weighted by atomic mass is 32.2. The van der Waals surface area contributed by atoms with Crippen LogP contribution in [0.4, 0.5) is 0 Å². The van der Waals surface area contributed by atoms with Crippen LogP contribution in [0.25, 0.3) is 0 Å². The first-order valence-electron chi connectivity index (χ1n) is 10.1. The Morgan fingerprint density at radius 1 is 1.13 bits per heavy atom. The summed E-state index contributed by atoms with van der Waals surface area (Å²) in [5.41, 5.74) is 0.720. The van der Waals surface area contributed by atoms with Gasteiger partial charge in [-0.05, 0) is 18.2 Å². The summed E-state index contributed by atoms with van der Waals surface area (Å²) in [6.07, 6.45) is 1.15. The summed E-state index contributed by atoms with van der Waals surface area (Å²) in [5, 5.41) is 9.52. The predicted octanol–water partition coefficient (Wildman–Crippen LogP) is 1.70. The number of carbonyl (C=O) groups is 1. The molecule has 1 aromatic heterocycles. The number of hydrogen-bond acceptors (Lipinski definition) is 7. The third-order valence-corrected chi connectivity index (χ3v) is 6.91. The van der Waals surface area contributed by atoms with E-state index in [4.69, 9.17) is 9.47 Å². The molecule has 3 rings (SSSR count). The molecule has 0 aliphatic carbocycles. The van der Waals surface area contributed by atoms with Crippen LogP contribution in [-0.2, 0) is 21.4 Å². The molecule has 31 heavy (non-hydrogen) atoms. The summed E-state index contributed by atoms with van der Waals surface area (Å²) in [6.45, 7) is 5.61. The Hall–Kier alpha value is -2.53. The van der Waals surface area contributed by atoms with Gasteiger partial charge in [-0.25, -0.2) is 18.2 Å². The van der Waals surface area contributed by atoms with Gasteiger partial charge in [0, 0.05) is 26.2 Å². The largest absolute Gasteiger partial charge is 0.477 e. The highest BCUT2D eigenvalue weighted by Crippen LogP contribution is 2.23. The minimum absolute atomic E-state index is 0.0885. The molecule has 0 amide bonds. The lowest BCUT2D eigenvalue weighted by molar-refractivity contribution is 0.0678. The van der Waals surface area contributed by atoms with Crippen molar-refractivity contribution in [3.8, 4) is 5.88 Å². The van der Waals surface area contributed by atoms with Gasteiger partial charge in [0.2, 0.25) is 15.9 Å². The maximum absolute atomic E-state index is 12.9. The van der Waals surface area contributed by atoms with Gasteiger partial charge in [-0.3, -0.25) is 0 Å². The highest BCUT2D eigenvalue weighted by molar-refractivity contribution is 7.89. The summed E-state index contributed by atoms with van der Waals surface area (Å²) >= 11 is 0. The molecule has 10 heteroatoms. The zero-order valence-corrected chi connectivity index (χ0v) is 18.3. The maximum Gasteiger partial charge on any atom is 0.341 e. The predicted molar refractivity (Wildman–Crippen MR) is 114 cm³/mol. The molecule has 0 atom stereocenters. The van der Waals surface area contributed by atoms with Gasteiger partial charge >= 0.3 is 5.97 Å². The van der Waals surface area contributed by atoms with Crippen LogP contribution in [-0.4, -0.2) is 79.6 Å². The van der Waals surface area contributed by atoms with E-state index in [9.17, 15) is 18.3 Å². The summed E-state index contributed by atoms with van der Waals surface area (Å²) in [7, 11) is -3.83. The molecule has 1 aromatic carbocycles. The van der Waals surface area contributed by atoms with Crippen LogP contribution in [0.2, 0.25) is 0 Å². The third kappa shape index (κ3) is 6.01. The fourth-order valence-electron chi connectivity index (χ4n) is 3.24. The molecule has 1 saturated heterocycles. The number of ether oxygens (including phenoxy) is 2. The van der Waals surface area contributed by atoms with Crippen LogP contribution in [0.1, 0.15) is 22.8 Å². The van der Waals surface area contributed by atoms with E-state index in [2.05, 4.69) is 9.88 Å². The molecular weight excluding hydrogens is 422 g/mol. The van der Waals surface area contributed by atoms with E-state index < -0.39 is 16.0 Å². The van der Waals surface area contributed by atoms with Gasteiger partial charge < -0.3 is 19.5 Å². The molecule has 1 N–H and O–H groups in total. The van der Waals surface area contributed by atoms with Crippen LogP contribution in [0.5, 0.6) is 5.88 Å². The minimum Gasteiger partial charge on any atom is -0.477 e. The maximum atomic E-state index is 12.9. The van der Waals surface area contributed by atoms with E-state index in [1.807, 2.05) is 37.3 Å². The molecule has 0 bridgehead atoms. The van der Waals surface area contributed by atoms with Gasteiger partial charge in [-0.15, -0.1) is 0 Å². The van der Waals surface area contributed by atoms with Gasteiger partial charge in [0.25, 0.3) is 0 Å². The zero-order chi connectivity index (χ0) is 22.3. The van der Waals surface area contributed by atoms with Crippen molar-refractivity contribution in [3.05, 3.63) is 53.7 Å². The summed E-state index contributed by atoms with van der Waals surface area (Å²) < 4.78 is 38.1. The standard InChI is InChI=1S/C21H27N3O6S/c1-2-23-8-10-24(11-9-23)31(27,28)18-14-19(21(25)26)20(22-15-18)30-13-12-29-16-17-6-4-3-5-7-17/h3-7,14-15H,2,8-13,16H2,1H3,(H,25,26). The number of sulfonamides is 1. The van der Waals surface area contributed by atoms with Crippen molar-refractivity contribution in [1.29, 1.82) is 0 Å². The fourth-order valence-corrected chi connectivity index (χ4v) is 4.63. The average Bonchev–Trinajstić information content (AvgIpc) is 2.79. The Morgan fingerprint density at radius 2 is 1.84 bits per heavy atom. The van der Waals surface area contributed by atoms with Crippen molar-refractivity contribution in [2.45, 2.75) is 18.4 Å². The molecule has 1 aliphatic heterocycles. The Labute approximate surface area is 182 Å². The monoisotopic (exact) mass is 449 g/mol. The Bertz CT molecular complexity index is 976. The van der Waals surface area contributed by atoms with E-state index in [1.54, 1.807) is 0 Å². The first-order valence-corrected chi connectivity index (χ1v) is 11.6. The van der Waals surface area contributed by atoms with Crippen molar-refractivity contribution in [2.75, 3.05) is 45.9 Å². The molecule has 1 aliphatic rings. The van der Waals surface area contributed by atoms with Crippen molar-refractivity contribution in [1.82, 2.24) is 14.2 Å². The van der Waals surface area contributed by atoms with Crippen molar-refractivity contribution in [3.63, 3.8) is 0 Å². The quantitative estimate of drug-likeness (QED) is 0.546. The second kappa shape index (κ2) is 10.7. The smallest absolute Gasteiger partial charge is 0.341 e. The second-order valence-electron chi connectivity index (χ2n) is 7.05. The van der Waals surface area contributed by atoms with E-state index in [-0.39, 0.29) is 29.6 Å². The number of aromatic nitrogens is 1. The van der Waals surface area contributed by atoms with E-state index in [1.165, 1.54) is 4.31 Å². The molecule has 0 saturated carbocycles. The van der Waals surface area contributed by atoms with Gasteiger partial charge in [-0.1, -0.05) is 37.3 Å². The fraction of sp³-hybridized carbons (Fsp3) is 0.429. The number of likely N-dealkylation sites (N-methyl/N-ethyl adjacent to an activating group) is 1.